The summed E-state index contributed by atoms with van der Waals surface area (Å²) in [6.45, 7) is 0.576. The van der Waals surface area contributed by atoms with Crippen LogP contribution in [0.15, 0.2) is 29.6 Å². The third-order valence-electron chi connectivity index (χ3n) is 3.40. The van der Waals surface area contributed by atoms with Crippen molar-refractivity contribution in [2.24, 2.45) is 0 Å². The number of halogens is 3. The van der Waals surface area contributed by atoms with Crippen LogP contribution in [0.5, 0.6) is 0 Å². The highest BCUT2D eigenvalue weighted by Crippen LogP contribution is 2.32. The summed E-state index contributed by atoms with van der Waals surface area (Å²) in [5.41, 5.74) is 1.78. The summed E-state index contributed by atoms with van der Waals surface area (Å²) >= 11 is 15.8. The Labute approximate surface area is 151 Å². The number of amides is 1. The molecule has 0 spiro atoms. The Morgan fingerprint density at radius 2 is 2.05 bits per heavy atom. The lowest BCUT2D eigenvalue weighted by Gasteiger charge is -2.22. The third-order valence-corrected chi connectivity index (χ3v) is 5.93. The van der Waals surface area contributed by atoms with Crippen LogP contribution >= 0.6 is 57.1 Å². The molecule has 1 aliphatic rings. The molecule has 1 heterocycles. The number of nitrogens with zero attached hydrogens (tertiary/aromatic N) is 1. The van der Waals surface area contributed by atoms with E-state index < -0.39 is 0 Å². The van der Waals surface area contributed by atoms with Gasteiger partial charge in [-0.25, -0.2) is 0 Å². The summed E-state index contributed by atoms with van der Waals surface area (Å²) in [6.07, 6.45) is 2.16. The Kier molecular flexibility index (Phi) is 4.78. The second kappa shape index (κ2) is 6.44. The first-order valence-corrected chi connectivity index (χ1v) is 9.25. The van der Waals surface area contributed by atoms with Crippen LogP contribution in [0.25, 0.3) is 0 Å². The average molecular weight is 452 g/mol. The van der Waals surface area contributed by atoms with E-state index in [9.17, 15) is 4.79 Å². The van der Waals surface area contributed by atoms with E-state index in [0.717, 1.165) is 26.9 Å². The summed E-state index contributed by atoms with van der Waals surface area (Å²) < 4.78 is 1.13. The zero-order chi connectivity index (χ0) is 15.0. The molecule has 0 N–H and O–H groups in total. The van der Waals surface area contributed by atoms with E-state index in [0.29, 0.717) is 22.6 Å². The second-order valence-corrected chi connectivity index (χ2v) is 8.67. The maximum Gasteiger partial charge on any atom is 0.255 e. The molecular formula is C15H12Cl2INOS. The Balaban J connectivity index is 1.81. The molecule has 1 aromatic carbocycles. The van der Waals surface area contributed by atoms with Gasteiger partial charge < -0.3 is 4.90 Å². The van der Waals surface area contributed by atoms with Crippen LogP contribution in [0, 0.1) is 2.88 Å². The Hall–Kier alpha value is -0.300. The summed E-state index contributed by atoms with van der Waals surface area (Å²) in [5, 5.41) is 2.99. The third kappa shape index (κ3) is 3.73. The largest absolute Gasteiger partial charge is 0.331 e. The molecule has 1 aromatic heterocycles. The number of hydrogen-bond donors (Lipinski definition) is 0. The van der Waals surface area contributed by atoms with Gasteiger partial charge in [0.05, 0.1) is 18.5 Å². The highest BCUT2D eigenvalue weighted by atomic mass is 127. The SMILES string of the molecule is O=C(c1csc(I)c1)N(Cc1ccc(Cl)c(Cl)c1)C1CC1. The van der Waals surface area contributed by atoms with Gasteiger partial charge in [-0.1, -0.05) is 29.3 Å². The minimum absolute atomic E-state index is 0.0998. The molecular weight excluding hydrogens is 440 g/mol. The Morgan fingerprint density at radius 3 is 2.62 bits per heavy atom. The number of benzene rings is 1. The van der Waals surface area contributed by atoms with E-state index in [1.165, 1.54) is 0 Å². The highest BCUT2D eigenvalue weighted by molar-refractivity contribution is 14.1. The fourth-order valence-corrected chi connectivity index (χ4v) is 3.82. The van der Waals surface area contributed by atoms with E-state index in [1.54, 1.807) is 17.4 Å². The van der Waals surface area contributed by atoms with Crippen LogP contribution in [-0.2, 0) is 6.54 Å². The van der Waals surface area contributed by atoms with Crippen molar-refractivity contribution in [1.82, 2.24) is 4.90 Å². The van der Waals surface area contributed by atoms with Crippen LogP contribution in [0.2, 0.25) is 10.0 Å². The topological polar surface area (TPSA) is 20.3 Å². The molecule has 0 radical (unpaired) electrons. The molecule has 0 aliphatic heterocycles. The normalized spacial score (nSPS) is 14.2. The van der Waals surface area contributed by atoms with E-state index in [1.807, 2.05) is 28.5 Å². The molecule has 21 heavy (non-hydrogen) atoms. The fraction of sp³-hybridized carbons (Fsp3) is 0.267. The summed E-state index contributed by atoms with van der Waals surface area (Å²) in [4.78, 5) is 14.6. The van der Waals surface area contributed by atoms with Gasteiger partial charge in [0, 0.05) is 18.0 Å². The standard InChI is InChI=1S/C15H12Cl2INOS/c16-12-4-1-9(5-13(12)17)7-19(11-2-3-11)15(20)10-6-14(18)21-8-10/h1,4-6,8,11H,2-3,7H2. The number of thiophene rings is 1. The zero-order valence-corrected chi connectivity index (χ0v) is 15.5. The smallest absolute Gasteiger partial charge is 0.255 e. The first kappa shape index (κ1) is 15.6. The van der Waals surface area contributed by atoms with Crippen molar-refractivity contribution in [2.45, 2.75) is 25.4 Å². The van der Waals surface area contributed by atoms with Gasteiger partial charge in [0.2, 0.25) is 0 Å². The summed E-state index contributed by atoms with van der Waals surface area (Å²) in [6, 6.07) is 7.84. The monoisotopic (exact) mass is 451 g/mol. The van der Waals surface area contributed by atoms with Gasteiger partial charge in [0.15, 0.2) is 0 Å². The quantitative estimate of drug-likeness (QED) is 0.565. The average Bonchev–Trinajstić information content (AvgIpc) is 3.20. The lowest BCUT2D eigenvalue weighted by Crippen LogP contribution is -2.32. The number of carbonyl (C=O) groups excluding carboxylic acids is 1. The molecule has 1 amide bonds. The van der Waals surface area contributed by atoms with Crippen LogP contribution in [0.1, 0.15) is 28.8 Å². The van der Waals surface area contributed by atoms with Crippen LogP contribution < -0.4 is 0 Å². The lowest BCUT2D eigenvalue weighted by atomic mass is 10.2. The molecule has 0 bridgehead atoms. The van der Waals surface area contributed by atoms with Gasteiger partial charge in [-0.15, -0.1) is 11.3 Å². The fourth-order valence-electron chi connectivity index (χ4n) is 2.18. The predicted octanol–water partition coefficient (Wildman–Crippen LogP) is 5.46. The molecule has 6 heteroatoms. The first-order chi connectivity index (χ1) is 10.0. The number of hydrogen-bond acceptors (Lipinski definition) is 2. The Morgan fingerprint density at radius 1 is 1.29 bits per heavy atom. The minimum Gasteiger partial charge on any atom is -0.331 e. The molecule has 110 valence electrons. The van der Waals surface area contributed by atoms with Gasteiger partial charge in [-0.3, -0.25) is 4.79 Å². The number of rotatable bonds is 4. The van der Waals surface area contributed by atoms with Crippen molar-refractivity contribution in [3.63, 3.8) is 0 Å². The molecule has 0 unspecified atom stereocenters. The van der Waals surface area contributed by atoms with Gasteiger partial charge in [0.1, 0.15) is 0 Å². The molecule has 1 fully saturated rings. The molecule has 2 nitrogen and oxygen atoms in total. The minimum atomic E-state index is 0.0998. The molecule has 1 saturated carbocycles. The summed E-state index contributed by atoms with van der Waals surface area (Å²) in [5.74, 6) is 0.0998. The first-order valence-electron chi connectivity index (χ1n) is 6.53. The highest BCUT2D eigenvalue weighted by Gasteiger charge is 2.33. The predicted molar refractivity (Wildman–Crippen MR) is 96.4 cm³/mol. The van der Waals surface area contributed by atoms with Gasteiger partial charge in [0.25, 0.3) is 5.91 Å². The second-order valence-electron chi connectivity index (χ2n) is 5.05. The van der Waals surface area contributed by atoms with Crippen LogP contribution in [0.4, 0.5) is 0 Å². The molecule has 0 atom stereocenters. The van der Waals surface area contributed by atoms with Crippen LogP contribution in [0.3, 0.4) is 0 Å². The van der Waals surface area contributed by atoms with Crippen molar-refractivity contribution in [2.75, 3.05) is 0 Å². The van der Waals surface area contributed by atoms with Gasteiger partial charge in [-0.05, 0) is 59.2 Å². The Bertz CT molecular complexity index is 684. The summed E-state index contributed by atoms with van der Waals surface area (Å²) in [7, 11) is 0. The van der Waals surface area contributed by atoms with Crippen molar-refractivity contribution >= 4 is 63.0 Å². The van der Waals surface area contributed by atoms with Crippen molar-refractivity contribution in [3.8, 4) is 0 Å². The van der Waals surface area contributed by atoms with Gasteiger partial charge in [-0.2, -0.15) is 0 Å². The van der Waals surface area contributed by atoms with Crippen LogP contribution in [-0.4, -0.2) is 16.8 Å². The molecule has 3 rings (SSSR count). The van der Waals surface area contributed by atoms with Crippen molar-refractivity contribution in [1.29, 1.82) is 0 Å². The molecule has 1 aliphatic carbocycles. The maximum absolute atomic E-state index is 12.7. The number of carbonyl (C=O) groups is 1. The van der Waals surface area contributed by atoms with E-state index in [4.69, 9.17) is 23.2 Å². The molecule has 0 saturated heterocycles. The van der Waals surface area contributed by atoms with Crippen molar-refractivity contribution in [3.05, 3.63) is 53.7 Å². The lowest BCUT2D eigenvalue weighted by molar-refractivity contribution is 0.0730. The molecule has 2 aromatic rings. The van der Waals surface area contributed by atoms with Crippen molar-refractivity contribution < 1.29 is 4.79 Å². The van der Waals surface area contributed by atoms with E-state index in [-0.39, 0.29) is 5.91 Å². The maximum atomic E-state index is 12.7. The zero-order valence-electron chi connectivity index (χ0n) is 11.0. The van der Waals surface area contributed by atoms with E-state index >= 15 is 0 Å². The van der Waals surface area contributed by atoms with E-state index in [2.05, 4.69) is 22.6 Å². The van der Waals surface area contributed by atoms with Gasteiger partial charge >= 0.3 is 0 Å².